The zero-order valence-electron chi connectivity index (χ0n) is 14.0. The maximum Gasteiger partial charge on any atom is 0.309 e. The predicted octanol–water partition coefficient (Wildman–Crippen LogP) is 1.77. The molecule has 0 atom stereocenters. The third-order valence-electron chi connectivity index (χ3n) is 4.61. The summed E-state index contributed by atoms with van der Waals surface area (Å²) in [4.78, 5) is 29.1. The van der Waals surface area contributed by atoms with Gasteiger partial charge in [-0.25, -0.2) is 0 Å². The highest BCUT2D eigenvalue weighted by Gasteiger charge is 2.25. The van der Waals surface area contributed by atoms with E-state index in [4.69, 9.17) is 5.11 Å². The van der Waals surface area contributed by atoms with Gasteiger partial charge in [0, 0.05) is 43.5 Å². The number of piperidine rings is 1. The minimum Gasteiger partial charge on any atom is -0.481 e. The maximum atomic E-state index is 12.4. The Hall–Kier alpha value is -2.70. The lowest BCUT2D eigenvalue weighted by molar-refractivity contribution is -0.136. The average Bonchev–Trinajstić information content (AvgIpc) is 3.08. The molecule has 0 bridgehead atoms. The van der Waals surface area contributed by atoms with E-state index in [1.807, 2.05) is 23.1 Å². The monoisotopic (exact) mass is 342 g/mol. The number of hydrogen-bond acceptors (Lipinski definition) is 4. The molecule has 0 unspecified atom stereocenters. The summed E-state index contributed by atoms with van der Waals surface area (Å²) in [6.07, 6.45) is 6.41. The van der Waals surface area contributed by atoms with E-state index >= 15 is 0 Å². The predicted molar refractivity (Wildman–Crippen MR) is 91.0 cm³/mol. The second kappa shape index (κ2) is 7.92. The number of carbonyl (C=O) groups is 2. The fraction of sp³-hybridized carbons (Fsp3) is 0.444. The van der Waals surface area contributed by atoms with Crippen molar-refractivity contribution < 1.29 is 14.7 Å². The molecule has 0 aliphatic carbocycles. The second-order valence-corrected chi connectivity index (χ2v) is 6.40. The van der Waals surface area contributed by atoms with Crippen molar-refractivity contribution in [2.45, 2.75) is 38.0 Å². The summed E-state index contributed by atoms with van der Waals surface area (Å²) in [6, 6.07) is 5.70. The number of amides is 1. The van der Waals surface area contributed by atoms with E-state index in [2.05, 4.69) is 15.2 Å². The Morgan fingerprint density at radius 1 is 1.32 bits per heavy atom. The summed E-state index contributed by atoms with van der Waals surface area (Å²) in [5.41, 5.74) is 2.60. The van der Waals surface area contributed by atoms with E-state index in [9.17, 15) is 9.59 Å². The van der Waals surface area contributed by atoms with Crippen LogP contribution >= 0.6 is 0 Å². The highest BCUT2D eigenvalue weighted by molar-refractivity contribution is 5.76. The number of aromatic nitrogens is 3. The summed E-state index contributed by atoms with van der Waals surface area (Å²) in [5, 5.41) is 15.8. The Morgan fingerprint density at radius 3 is 2.80 bits per heavy atom. The van der Waals surface area contributed by atoms with Crippen LogP contribution < -0.4 is 0 Å². The first-order chi connectivity index (χ1) is 12.1. The smallest absolute Gasteiger partial charge is 0.309 e. The van der Waals surface area contributed by atoms with Crippen LogP contribution in [0.3, 0.4) is 0 Å². The Morgan fingerprint density at radius 2 is 2.12 bits per heavy atom. The summed E-state index contributed by atoms with van der Waals surface area (Å²) >= 11 is 0. The summed E-state index contributed by atoms with van der Waals surface area (Å²) < 4.78 is 0. The van der Waals surface area contributed by atoms with Crippen molar-refractivity contribution in [3.63, 3.8) is 0 Å². The fourth-order valence-electron chi connectivity index (χ4n) is 3.22. The topological polar surface area (TPSA) is 99.2 Å². The largest absolute Gasteiger partial charge is 0.481 e. The normalized spacial score (nSPS) is 15.3. The number of carbonyl (C=O) groups excluding carboxylic acids is 1. The number of nitrogens with zero attached hydrogens (tertiary/aromatic N) is 3. The average molecular weight is 342 g/mol. The highest BCUT2D eigenvalue weighted by Crippen LogP contribution is 2.27. The number of carboxylic acid groups (broad SMARTS) is 1. The summed E-state index contributed by atoms with van der Waals surface area (Å²) in [7, 11) is 0. The zero-order valence-corrected chi connectivity index (χ0v) is 14.0. The molecule has 7 nitrogen and oxygen atoms in total. The van der Waals surface area contributed by atoms with Crippen molar-refractivity contribution in [3.05, 3.63) is 47.5 Å². The van der Waals surface area contributed by atoms with Gasteiger partial charge in [-0.05, 0) is 37.0 Å². The third-order valence-corrected chi connectivity index (χ3v) is 4.61. The Balaban J connectivity index is 1.47. The SMILES string of the molecule is O=C(O)Cc1cc(C2CCN(C(=O)CCc3cccnc3)CC2)n[nH]1. The van der Waals surface area contributed by atoms with Crippen LogP contribution in [0.1, 0.15) is 42.1 Å². The van der Waals surface area contributed by atoms with Crippen LogP contribution in [0.25, 0.3) is 0 Å². The fourth-order valence-corrected chi connectivity index (χ4v) is 3.22. The summed E-state index contributed by atoms with van der Waals surface area (Å²) in [5.74, 6) is -0.415. The quantitative estimate of drug-likeness (QED) is 0.833. The van der Waals surface area contributed by atoms with Gasteiger partial charge in [-0.15, -0.1) is 0 Å². The van der Waals surface area contributed by atoms with Crippen molar-refractivity contribution in [1.82, 2.24) is 20.1 Å². The number of likely N-dealkylation sites (tertiary alicyclic amines) is 1. The Kier molecular flexibility index (Phi) is 5.42. The summed E-state index contributed by atoms with van der Waals surface area (Å²) in [6.45, 7) is 1.44. The molecule has 0 radical (unpaired) electrons. The number of nitrogens with one attached hydrogen (secondary N) is 1. The molecule has 2 aromatic heterocycles. The van der Waals surface area contributed by atoms with Gasteiger partial charge in [0.05, 0.1) is 12.1 Å². The number of pyridine rings is 1. The Labute approximate surface area is 146 Å². The molecule has 1 fully saturated rings. The van der Waals surface area contributed by atoms with Crippen LogP contribution in [0.4, 0.5) is 0 Å². The lowest BCUT2D eigenvalue weighted by Gasteiger charge is -2.31. The molecule has 3 heterocycles. The van der Waals surface area contributed by atoms with Gasteiger partial charge in [-0.2, -0.15) is 5.10 Å². The number of rotatable bonds is 6. The van der Waals surface area contributed by atoms with E-state index in [0.717, 1.165) is 37.2 Å². The molecule has 1 aliphatic rings. The number of hydrogen-bond donors (Lipinski definition) is 2. The molecule has 1 aliphatic heterocycles. The number of H-pyrrole nitrogens is 1. The maximum absolute atomic E-state index is 12.4. The number of aryl methyl sites for hydroxylation is 1. The van der Waals surface area contributed by atoms with Gasteiger partial charge in [0.25, 0.3) is 0 Å². The number of carboxylic acids is 1. The standard InChI is InChI=1S/C18H22N4O3/c23-17(4-3-13-2-1-7-19-12-13)22-8-5-14(6-9-22)16-10-15(20-21-16)11-18(24)25/h1-2,7,10,12,14H,3-6,8-9,11H2,(H,20,21)(H,24,25). The van der Waals surface area contributed by atoms with E-state index in [0.29, 0.717) is 18.5 Å². The molecule has 0 aromatic carbocycles. The van der Waals surface area contributed by atoms with Crippen molar-refractivity contribution in [3.8, 4) is 0 Å². The zero-order chi connectivity index (χ0) is 17.6. The van der Waals surface area contributed by atoms with E-state index in [-0.39, 0.29) is 18.2 Å². The molecule has 2 N–H and O–H groups in total. The minimum atomic E-state index is -0.871. The molecule has 132 valence electrons. The molecule has 2 aromatic rings. The van der Waals surface area contributed by atoms with Crippen LogP contribution in [0, 0.1) is 0 Å². The number of aromatic amines is 1. The van der Waals surface area contributed by atoms with E-state index < -0.39 is 5.97 Å². The molecule has 1 amide bonds. The van der Waals surface area contributed by atoms with E-state index in [1.54, 1.807) is 12.4 Å². The van der Waals surface area contributed by atoms with Crippen LogP contribution in [-0.4, -0.2) is 50.2 Å². The van der Waals surface area contributed by atoms with Gasteiger partial charge in [-0.3, -0.25) is 19.7 Å². The lowest BCUT2D eigenvalue weighted by atomic mass is 9.93. The molecule has 25 heavy (non-hydrogen) atoms. The molecular formula is C18H22N4O3. The molecule has 0 spiro atoms. The third kappa shape index (κ3) is 4.65. The van der Waals surface area contributed by atoms with Crippen molar-refractivity contribution in [2.24, 2.45) is 0 Å². The molecule has 3 rings (SSSR count). The minimum absolute atomic E-state index is 0.0430. The first-order valence-corrected chi connectivity index (χ1v) is 8.54. The van der Waals surface area contributed by atoms with Gasteiger partial charge < -0.3 is 10.0 Å². The molecule has 7 heteroatoms. The highest BCUT2D eigenvalue weighted by atomic mass is 16.4. The molecule has 1 saturated heterocycles. The number of aliphatic carboxylic acids is 1. The van der Waals surface area contributed by atoms with Crippen molar-refractivity contribution >= 4 is 11.9 Å². The van der Waals surface area contributed by atoms with Gasteiger partial charge >= 0.3 is 5.97 Å². The van der Waals surface area contributed by atoms with Crippen molar-refractivity contribution in [1.29, 1.82) is 0 Å². The van der Waals surface area contributed by atoms with Gasteiger partial charge in [0.2, 0.25) is 5.91 Å². The van der Waals surface area contributed by atoms with Crippen molar-refractivity contribution in [2.75, 3.05) is 13.1 Å². The van der Waals surface area contributed by atoms with E-state index in [1.165, 1.54) is 0 Å². The molecule has 0 saturated carbocycles. The molecular weight excluding hydrogens is 320 g/mol. The van der Waals surface area contributed by atoms with Gasteiger partial charge in [0.1, 0.15) is 0 Å². The first-order valence-electron chi connectivity index (χ1n) is 8.54. The van der Waals surface area contributed by atoms with Crippen LogP contribution in [0.5, 0.6) is 0 Å². The van der Waals surface area contributed by atoms with Crippen LogP contribution in [-0.2, 0) is 22.4 Å². The first kappa shape index (κ1) is 17.1. The van der Waals surface area contributed by atoms with Crippen LogP contribution in [0.2, 0.25) is 0 Å². The van der Waals surface area contributed by atoms with Gasteiger partial charge in [-0.1, -0.05) is 6.07 Å². The second-order valence-electron chi connectivity index (χ2n) is 6.40. The lowest BCUT2D eigenvalue weighted by Crippen LogP contribution is -2.38. The van der Waals surface area contributed by atoms with Gasteiger partial charge in [0.15, 0.2) is 0 Å². The Bertz CT molecular complexity index is 721. The van der Waals surface area contributed by atoms with Crippen LogP contribution in [0.15, 0.2) is 30.6 Å².